The van der Waals surface area contributed by atoms with Crippen molar-refractivity contribution in [2.24, 2.45) is 4.99 Å². The number of guanidine groups is 1. The molecule has 0 aliphatic heterocycles. The van der Waals surface area contributed by atoms with Gasteiger partial charge in [-0.3, -0.25) is 4.99 Å². The Balaban J connectivity index is 0.00000264. The minimum atomic E-state index is 0. The third kappa shape index (κ3) is 6.47. The van der Waals surface area contributed by atoms with Crippen molar-refractivity contribution in [1.29, 1.82) is 0 Å². The zero-order chi connectivity index (χ0) is 15.6. The summed E-state index contributed by atoms with van der Waals surface area (Å²) in [6.45, 7) is 2.46. The number of methoxy groups -OCH3 is 1. The van der Waals surface area contributed by atoms with Gasteiger partial charge in [-0.2, -0.15) is 0 Å². The zero-order valence-corrected chi connectivity index (χ0v) is 15.9. The number of halogens is 1. The predicted molar refractivity (Wildman–Crippen MR) is 103 cm³/mol. The fourth-order valence-corrected chi connectivity index (χ4v) is 2.14. The Kier molecular flexibility index (Phi) is 9.11. The second kappa shape index (κ2) is 10.9. The van der Waals surface area contributed by atoms with E-state index in [9.17, 15) is 0 Å². The van der Waals surface area contributed by atoms with Crippen molar-refractivity contribution >= 4 is 29.9 Å². The number of ether oxygens (including phenoxy) is 1. The average Bonchev–Trinajstić information content (AvgIpc) is 3.08. The number of hydrogen-bond donors (Lipinski definition) is 2. The summed E-state index contributed by atoms with van der Waals surface area (Å²) >= 11 is 0. The molecule has 126 valence electrons. The Morgan fingerprint density at radius 3 is 2.83 bits per heavy atom. The number of aromatic nitrogens is 2. The molecule has 1 heterocycles. The molecule has 0 aliphatic carbocycles. The molecule has 0 spiro atoms. The molecule has 0 aliphatic rings. The van der Waals surface area contributed by atoms with Gasteiger partial charge in [0, 0.05) is 44.6 Å². The number of para-hydroxylation sites is 1. The molecule has 0 atom stereocenters. The molecule has 0 saturated carbocycles. The Bertz CT molecular complexity index is 586. The quantitative estimate of drug-likeness (QED) is 0.307. The van der Waals surface area contributed by atoms with Crippen LogP contribution in [-0.2, 0) is 13.1 Å². The molecule has 2 rings (SSSR count). The van der Waals surface area contributed by atoms with Crippen LogP contribution in [0.3, 0.4) is 0 Å². The van der Waals surface area contributed by atoms with E-state index in [2.05, 4.69) is 25.2 Å². The molecule has 1 aromatic carbocycles. The summed E-state index contributed by atoms with van der Waals surface area (Å²) in [7, 11) is 3.45. The summed E-state index contributed by atoms with van der Waals surface area (Å²) < 4.78 is 7.40. The molecule has 0 unspecified atom stereocenters. The van der Waals surface area contributed by atoms with Crippen molar-refractivity contribution in [1.82, 2.24) is 20.2 Å². The van der Waals surface area contributed by atoms with Crippen LogP contribution in [-0.4, -0.2) is 36.2 Å². The first kappa shape index (κ1) is 19.3. The highest BCUT2D eigenvalue weighted by Gasteiger charge is 2.03. The van der Waals surface area contributed by atoms with E-state index in [1.165, 1.54) is 0 Å². The lowest BCUT2D eigenvalue weighted by atomic mass is 10.2. The van der Waals surface area contributed by atoms with E-state index in [0.29, 0.717) is 6.54 Å². The normalized spacial score (nSPS) is 10.8. The van der Waals surface area contributed by atoms with E-state index in [4.69, 9.17) is 4.74 Å². The van der Waals surface area contributed by atoms with Gasteiger partial charge in [-0.25, -0.2) is 4.98 Å². The number of nitrogens with one attached hydrogen (secondary N) is 2. The number of rotatable bonds is 7. The van der Waals surface area contributed by atoms with Crippen LogP contribution in [0.2, 0.25) is 0 Å². The van der Waals surface area contributed by atoms with Crippen molar-refractivity contribution in [2.45, 2.75) is 19.5 Å². The summed E-state index contributed by atoms with van der Waals surface area (Å²) in [5, 5.41) is 6.60. The minimum absolute atomic E-state index is 0. The molecule has 6 nitrogen and oxygen atoms in total. The number of benzene rings is 1. The first-order chi connectivity index (χ1) is 10.8. The number of imidazole rings is 1. The first-order valence-electron chi connectivity index (χ1n) is 7.35. The molecule has 1 aromatic heterocycles. The summed E-state index contributed by atoms with van der Waals surface area (Å²) in [6.07, 6.45) is 6.59. The molecule has 0 amide bonds. The maximum absolute atomic E-state index is 5.34. The van der Waals surface area contributed by atoms with Crippen molar-refractivity contribution in [3.63, 3.8) is 0 Å². The summed E-state index contributed by atoms with van der Waals surface area (Å²) in [4.78, 5) is 8.25. The van der Waals surface area contributed by atoms with Gasteiger partial charge in [0.25, 0.3) is 0 Å². The van der Waals surface area contributed by atoms with Crippen LogP contribution < -0.4 is 15.4 Å². The molecule has 2 N–H and O–H groups in total. The molecule has 0 radical (unpaired) electrons. The van der Waals surface area contributed by atoms with Crippen molar-refractivity contribution < 1.29 is 4.74 Å². The molecule has 0 fully saturated rings. The van der Waals surface area contributed by atoms with Crippen LogP contribution in [0.15, 0.2) is 48.0 Å². The van der Waals surface area contributed by atoms with E-state index in [-0.39, 0.29) is 24.0 Å². The first-order valence-corrected chi connectivity index (χ1v) is 7.35. The lowest BCUT2D eigenvalue weighted by Gasteiger charge is -2.13. The number of nitrogens with zero attached hydrogens (tertiary/aromatic N) is 3. The van der Waals surface area contributed by atoms with Gasteiger partial charge in [0.05, 0.1) is 13.4 Å². The van der Waals surface area contributed by atoms with Crippen LogP contribution in [0.5, 0.6) is 5.75 Å². The van der Waals surface area contributed by atoms with Crippen molar-refractivity contribution in [2.75, 3.05) is 20.7 Å². The summed E-state index contributed by atoms with van der Waals surface area (Å²) in [6, 6.07) is 7.96. The van der Waals surface area contributed by atoms with Crippen molar-refractivity contribution in [3.05, 3.63) is 48.5 Å². The highest BCUT2D eigenvalue weighted by atomic mass is 127. The Labute approximate surface area is 154 Å². The van der Waals surface area contributed by atoms with Gasteiger partial charge >= 0.3 is 0 Å². The summed E-state index contributed by atoms with van der Waals surface area (Å²) in [5.74, 6) is 1.67. The summed E-state index contributed by atoms with van der Waals surface area (Å²) in [5.41, 5.74) is 1.10. The van der Waals surface area contributed by atoms with Gasteiger partial charge in [0.15, 0.2) is 5.96 Å². The number of aryl methyl sites for hydroxylation is 1. The third-order valence-electron chi connectivity index (χ3n) is 3.31. The third-order valence-corrected chi connectivity index (χ3v) is 3.31. The SMILES string of the molecule is CN=C(NCCCn1ccnc1)NCc1ccccc1OC.I. The number of aliphatic imine (C=N–C) groups is 1. The highest BCUT2D eigenvalue weighted by Crippen LogP contribution is 2.16. The largest absolute Gasteiger partial charge is 0.496 e. The van der Waals surface area contributed by atoms with Gasteiger partial charge < -0.3 is 19.9 Å². The Morgan fingerprint density at radius 2 is 2.13 bits per heavy atom. The Hall–Kier alpha value is -1.77. The molecule has 7 heteroatoms. The lowest BCUT2D eigenvalue weighted by molar-refractivity contribution is 0.409. The molecule has 2 aromatic rings. The fraction of sp³-hybridized carbons (Fsp3) is 0.375. The van der Waals surface area contributed by atoms with Crippen LogP contribution in [0.1, 0.15) is 12.0 Å². The van der Waals surface area contributed by atoms with Crippen LogP contribution >= 0.6 is 24.0 Å². The minimum Gasteiger partial charge on any atom is -0.496 e. The maximum Gasteiger partial charge on any atom is 0.191 e. The molecule has 0 bridgehead atoms. The second-order valence-electron chi connectivity index (χ2n) is 4.82. The van der Waals surface area contributed by atoms with Gasteiger partial charge in [0.2, 0.25) is 0 Å². The van der Waals surface area contributed by atoms with Gasteiger partial charge in [-0.05, 0) is 12.5 Å². The van der Waals surface area contributed by atoms with Crippen LogP contribution in [0.25, 0.3) is 0 Å². The molecule has 23 heavy (non-hydrogen) atoms. The molecular formula is C16H24IN5O. The predicted octanol–water partition coefficient (Wildman–Crippen LogP) is 2.26. The standard InChI is InChI=1S/C16H23N5O.HI/c1-17-16(19-8-5-10-21-11-9-18-13-21)20-12-14-6-3-4-7-15(14)22-2;/h3-4,6-7,9,11,13H,5,8,10,12H2,1-2H3,(H2,17,19,20);1H. The van der Waals surface area contributed by atoms with Crippen LogP contribution in [0, 0.1) is 0 Å². The molecule has 0 saturated heterocycles. The fourth-order valence-electron chi connectivity index (χ4n) is 2.14. The smallest absolute Gasteiger partial charge is 0.191 e. The van der Waals surface area contributed by atoms with Gasteiger partial charge in [-0.1, -0.05) is 18.2 Å². The van der Waals surface area contributed by atoms with Crippen molar-refractivity contribution in [3.8, 4) is 5.75 Å². The highest BCUT2D eigenvalue weighted by molar-refractivity contribution is 14.0. The zero-order valence-electron chi connectivity index (χ0n) is 13.5. The van der Waals surface area contributed by atoms with Gasteiger partial charge in [0.1, 0.15) is 5.75 Å². The number of hydrogen-bond acceptors (Lipinski definition) is 3. The Morgan fingerprint density at radius 1 is 1.30 bits per heavy atom. The monoisotopic (exact) mass is 429 g/mol. The topological polar surface area (TPSA) is 63.5 Å². The van der Waals surface area contributed by atoms with Crippen LogP contribution in [0.4, 0.5) is 0 Å². The van der Waals surface area contributed by atoms with E-state index >= 15 is 0 Å². The van der Waals surface area contributed by atoms with E-state index in [1.54, 1.807) is 20.4 Å². The molecular weight excluding hydrogens is 405 g/mol. The van der Waals surface area contributed by atoms with E-state index < -0.39 is 0 Å². The lowest BCUT2D eigenvalue weighted by Crippen LogP contribution is -2.37. The van der Waals surface area contributed by atoms with E-state index in [0.717, 1.165) is 36.8 Å². The van der Waals surface area contributed by atoms with Gasteiger partial charge in [-0.15, -0.1) is 24.0 Å². The maximum atomic E-state index is 5.34. The average molecular weight is 429 g/mol. The van der Waals surface area contributed by atoms with E-state index in [1.807, 2.05) is 36.8 Å². The second-order valence-corrected chi connectivity index (χ2v) is 4.82.